The van der Waals surface area contributed by atoms with E-state index in [2.05, 4.69) is 30.5 Å². The number of ether oxygens (including phenoxy) is 1. The number of nitrogens with zero attached hydrogens (tertiary/aromatic N) is 7. The number of fused-ring (bicyclic) bond motifs is 3. The van der Waals surface area contributed by atoms with Crippen molar-refractivity contribution in [3.63, 3.8) is 0 Å². The first-order valence-corrected chi connectivity index (χ1v) is 19.6. The Kier molecular flexibility index (Phi) is 9.22. The van der Waals surface area contributed by atoms with Crippen LogP contribution in [0.1, 0.15) is 99.4 Å². The van der Waals surface area contributed by atoms with E-state index in [1.54, 1.807) is 41.2 Å². The van der Waals surface area contributed by atoms with Crippen LogP contribution in [0.15, 0.2) is 55.0 Å². The molecule has 5 aliphatic rings. The molecule has 2 N–H and O–H groups in total. The monoisotopic (exact) mass is 773 g/mol. The van der Waals surface area contributed by atoms with Gasteiger partial charge in [0.25, 0.3) is 23.6 Å². The molecule has 294 valence electrons. The first-order chi connectivity index (χ1) is 27.5. The molecule has 57 heavy (non-hydrogen) atoms. The van der Waals surface area contributed by atoms with E-state index < -0.39 is 29.7 Å². The molecule has 0 bridgehead atoms. The van der Waals surface area contributed by atoms with Gasteiger partial charge in [0.05, 0.1) is 29.1 Å². The highest BCUT2D eigenvalue weighted by Crippen LogP contribution is 2.39. The van der Waals surface area contributed by atoms with Gasteiger partial charge < -0.3 is 19.9 Å². The Balaban J connectivity index is 0.811. The number of hydrogen-bond donors (Lipinski definition) is 2. The average Bonchev–Trinajstić information content (AvgIpc) is 3.86. The number of piperazine rings is 1. The first-order valence-electron chi connectivity index (χ1n) is 19.6. The summed E-state index contributed by atoms with van der Waals surface area (Å²) in [4.78, 5) is 89.9. The van der Waals surface area contributed by atoms with Gasteiger partial charge in [-0.25, -0.2) is 9.50 Å². The average molecular weight is 774 g/mol. The maximum Gasteiger partial charge on any atom is 0.262 e. The number of carbonyl (C=O) groups excluding carboxylic acids is 6. The lowest BCUT2D eigenvalue weighted by Gasteiger charge is -2.43. The number of hydrogen-bond acceptors (Lipinski definition) is 11. The molecule has 2 aromatic heterocycles. The Morgan fingerprint density at radius 1 is 0.877 bits per heavy atom. The number of aromatic nitrogens is 3. The van der Waals surface area contributed by atoms with Gasteiger partial charge in [-0.3, -0.25) is 43.9 Å². The largest absolute Gasteiger partial charge is 0.489 e. The summed E-state index contributed by atoms with van der Waals surface area (Å²) in [7, 11) is 0. The number of rotatable bonds is 8. The maximum atomic E-state index is 13.9. The smallest absolute Gasteiger partial charge is 0.262 e. The molecule has 1 aliphatic carbocycles. The topological polar surface area (TPSA) is 179 Å². The molecule has 2 aromatic carbocycles. The standard InChI is InChI=1S/C41H43N9O7/c1-23(2)57-34-20-29-24(18-32(34)44-37(52)31-21-43-49-13-3-12-42-36(31)49)22-48(39(29)54)26-6-4-25(5-7-26)46-14-16-47(17-15-46)27-8-9-28-30(19-27)41(56)50(40(28)55)33-10-11-35(51)45-38(33)53/h3,8-9,12-13,18-21,23,25-26,33H,4-7,10-11,14-17,22H2,1-2H3,(H,44,52)(H,45,51,53)/t25-,26-,33?. The van der Waals surface area contributed by atoms with Crippen LogP contribution in [-0.2, 0) is 16.1 Å². The quantitative estimate of drug-likeness (QED) is 0.251. The fourth-order valence-corrected chi connectivity index (χ4v) is 9.02. The summed E-state index contributed by atoms with van der Waals surface area (Å²) in [6.07, 6.45) is 8.54. The summed E-state index contributed by atoms with van der Waals surface area (Å²) >= 11 is 0. The van der Waals surface area contributed by atoms with Crippen LogP contribution in [-0.4, -0.2) is 115 Å². The lowest BCUT2D eigenvalue weighted by atomic mass is 9.89. The van der Waals surface area contributed by atoms with E-state index in [0.29, 0.717) is 40.8 Å². The molecule has 4 aliphatic heterocycles. The summed E-state index contributed by atoms with van der Waals surface area (Å²) in [5, 5.41) is 9.46. The first kappa shape index (κ1) is 36.5. The molecule has 9 rings (SSSR count). The second-order valence-corrected chi connectivity index (χ2v) is 15.7. The fourth-order valence-electron chi connectivity index (χ4n) is 9.02. The normalized spacial score (nSPS) is 22.7. The van der Waals surface area contributed by atoms with Crippen molar-refractivity contribution in [1.82, 2.24) is 34.6 Å². The van der Waals surface area contributed by atoms with Crippen LogP contribution in [0.2, 0.25) is 0 Å². The zero-order valence-corrected chi connectivity index (χ0v) is 31.8. The molecule has 4 aromatic rings. The second kappa shape index (κ2) is 14.4. The van der Waals surface area contributed by atoms with Gasteiger partial charge in [-0.15, -0.1) is 0 Å². The van der Waals surface area contributed by atoms with Crippen LogP contribution in [0, 0.1) is 0 Å². The van der Waals surface area contributed by atoms with Gasteiger partial charge in [0.1, 0.15) is 17.4 Å². The predicted molar refractivity (Wildman–Crippen MR) is 206 cm³/mol. The van der Waals surface area contributed by atoms with Gasteiger partial charge in [-0.05, 0) is 87.9 Å². The minimum atomic E-state index is -0.992. The van der Waals surface area contributed by atoms with Crippen molar-refractivity contribution in [1.29, 1.82) is 0 Å². The third kappa shape index (κ3) is 6.56. The number of piperidine rings is 1. The van der Waals surface area contributed by atoms with Crippen molar-refractivity contribution in [2.75, 3.05) is 36.4 Å². The number of imide groups is 2. The summed E-state index contributed by atoms with van der Waals surface area (Å²) in [6, 6.07) is 10.1. The fraction of sp³-hybridized carbons (Fsp3) is 0.415. The highest BCUT2D eigenvalue weighted by atomic mass is 16.5. The van der Waals surface area contributed by atoms with Crippen LogP contribution in [0.4, 0.5) is 11.4 Å². The van der Waals surface area contributed by atoms with Crippen LogP contribution in [0.25, 0.3) is 5.65 Å². The highest BCUT2D eigenvalue weighted by Gasteiger charge is 2.45. The minimum Gasteiger partial charge on any atom is -0.489 e. The second-order valence-electron chi connectivity index (χ2n) is 15.7. The minimum absolute atomic E-state index is 0.0184. The van der Waals surface area contributed by atoms with E-state index in [4.69, 9.17) is 4.74 Å². The summed E-state index contributed by atoms with van der Waals surface area (Å²) in [6.45, 7) is 7.46. The lowest BCUT2D eigenvalue weighted by Crippen LogP contribution is -2.54. The molecule has 2 saturated heterocycles. The molecular formula is C41H43N9O7. The number of carbonyl (C=O) groups is 6. The van der Waals surface area contributed by atoms with Crippen molar-refractivity contribution in [2.24, 2.45) is 0 Å². The van der Waals surface area contributed by atoms with Gasteiger partial charge in [-0.1, -0.05) is 0 Å². The Morgan fingerprint density at radius 2 is 1.63 bits per heavy atom. The van der Waals surface area contributed by atoms with Gasteiger partial charge in [0.2, 0.25) is 11.8 Å². The van der Waals surface area contributed by atoms with E-state index in [9.17, 15) is 28.8 Å². The SMILES string of the molecule is CC(C)Oc1cc2c(cc1NC(=O)c1cnn3cccnc13)CN([C@H]1CC[C@H](N3CCN(c4ccc5c(c4)C(=O)N(C4CCC(=O)NC4=O)C5=O)CC3)CC1)C2=O. The third-order valence-corrected chi connectivity index (χ3v) is 11.9. The van der Waals surface area contributed by atoms with Crippen LogP contribution in [0.3, 0.4) is 0 Å². The Morgan fingerprint density at radius 3 is 2.39 bits per heavy atom. The van der Waals surface area contributed by atoms with Gasteiger partial charge in [0, 0.05) is 74.9 Å². The molecule has 3 fully saturated rings. The van der Waals surface area contributed by atoms with Crippen LogP contribution >= 0.6 is 0 Å². The Labute approximate surface area is 328 Å². The van der Waals surface area contributed by atoms with Gasteiger partial charge in [-0.2, -0.15) is 5.10 Å². The molecule has 6 amide bonds. The van der Waals surface area contributed by atoms with E-state index in [1.165, 1.54) is 6.20 Å². The molecule has 16 nitrogen and oxygen atoms in total. The molecule has 6 heterocycles. The molecule has 1 atom stereocenters. The number of benzene rings is 2. The predicted octanol–water partition coefficient (Wildman–Crippen LogP) is 3.26. The molecule has 1 saturated carbocycles. The van der Waals surface area contributed by atoms with Crippen molar-refractivity contribution in [2.45, 2.75) is 83.1 Å². The lowest BCUT2D eigenvalue weighted by molar-refractivity contribution is -0.136. The van der Waals surface area contributed by atoms with Crippen molar-refractivity contribution < 1.29 is 33.5 Å². The van der Waals surface area contributed by atoms with Crippen LogP contribution < -0.4 is 20.3 Å². The summed E-state index contributed by atoms with van der Waals surface area (Å²) < 4.78 is 7.64. The zero-order chi connectivity index (χ0) is 39.5. The van der Waals surface area contributed by atoms with E-state index >= 15 is 0 Å². The van der Waals surface area contributed by atoms with E-state index in [0.717, 1.165) is 68.0 Å². The van der Waals surface area contributed by atoms with E-state index in [1.807, 2.05) is 30.9 Å². The highest BCUT2D eigenvalue weighted by molar-refractivity contribution is 6.23. The summed E-state index contributed by atoms with van der Waals surface area (Å²) in [5.74, 6) is -1.98. The number of anilines is 2. The number of amides is 6. The summed E-state index contributed by atoms with van der Waals surface area (Å²) in [5.41, 5.74) is 4.13. The molecule has 1 unspecified atom stereocenters. The number of nitrogens with one attached hydrogen (secondary N) is 2. The molecule has 0 spiro atoms. The Hall–Kier alpha value is -6.16. The molecule has 16 heteroatoms. The van der Waals surface area contributed by atoms with Crippen molar-refractivity contribution in [3.8, 4) is 5.75 Å². The van der Waals surface area contributed by atoms with Gasteiger partial charge in [0.15, 0.2) is 5.65 Å². The molecular weight excluding hydrogens is 731 g/mol. The third-order valence-electron chi connectivity index (χ3n) is 11.9. The van der Waals surface area contributed by atoms with Crippen molar-refractivity contribution in [3.05, 3.63) is 82.8 Å². The van der Waals surface area contributed by atoms with Crippen LogP contribution in [0.5, 0.6) is 5.75 Å². The maximum absolute atomic E-state index is 13.9. The van der Waals surface area contributed by atoms with Gasteiger partial charge >= 0.3 is 0 Å². The van der Waals surface area contributed by atoms with E-state index in [-0.39, 0.29) is 47.9 Å². The zero-order valence-electron chi connectivity index (χ0n) is 31.8. The van der Waals surface area contributed by atoms with Crippen molar-refractivity contribution >= 4 is 52.5 Å². The Bertz CT molecular complexity index is 2340. The molecule has 0 radical (unpaired) electrons.